The molecule has 1 aromatic carbocycles. The Balaban J connectivity index is 1.60. The summed E-state index contributed by atoms with van der Waals surface area (Å²) >= 11 is 4.84. The Hall–Kier alpha value is -1.88. The van der Waals surface area contributed by atoms with Crippen LogP contribution in [0.3, 0.4) is 0 Å². The predicted molar refractivity (Wildman–Crippen MR) is 116 cm³/mol. The molecule has 164 valence electrons. The van der Waals surface area contributed by atoms with Crippen LogP contribution in [0.5, 0.6) is 0 Å². The number of rotatable bonds is 8. The number of nitrogens with zero attached hydrogens (tertiary/aromatic N) is 3. The second-order valence-electron chi connectivity index (χ2n) is 7.29. The minimum Gasteiger partial charge on any atom is -0.362 e. The highest BCUT2D eigenvalue weighted by atomic mass is 79.9. The van der Waals surface area contributed by atoms with Gasteiger partial charge >= 0.3 is 6.18 Å². The van der Waals surface area contributed by atoms with Gasteiger partial charge in [0.2, 0.25) is 0 Å². The SMILES string of the molecule is COCn1cc(C(NSc2ccc(C(F)(F)F)cc2)C2CC2)c(-c2cccnc2Br)n1. The number of benzene rings is 1. The normalized spacial score (nSPS) is 15.3. The Labute approximate surface area is 190 Å². The third kappa shape index (κ3) is 5.31. The Morgan fingerprint density at radius 3 is 2.61 bits per heavy atom. The fourth-order valence-electron chi connectivity index (χ4n) is 3.32. The second-order valence-corrected chi connectivity index (χ2v) is 8.95. The first-order valence-electron chi connectivity index (χ1n) is 9.63. The molecule has 5 nitrogen and oxygen atoms in total. The van der Waals surface area contributed by atoms with Crippen LogP contribution in [-0.2, 0) is 17.6 Å². The van der Waals surface area contributed by atoms with E-state index < -0.39 is 11.7 Å². The predicted octanol–water partition coefficient (Wildman–Crippen LogP) is 6.08. The van der Waals surface area contributed by atoms with Crippen LogP contribution in [0.15, 0.2) is 58.3 Å². The summed E-state index contributed by atoms with van der Waals surface area (Å²) in [6.07, 6.45) is 1.48. The van der Waals surface area contributed by atoms with Crippen LogP contribution in [0.25, 0.3) is 11.3 Å². The van der Waals surface area contributed by atoms with E-state index in [2.05, 4.69) is 25.6 Å². The lowest BCUT2D eigenvalue weighted by molar-refractivity contribution is -0.137. The average Bonchev–Trinajstić information content (AvgIpc) is 3.49. The lowest BCUT2D eigenvalue weighted by Gasteiger charge is -2.18. The molecule has 2 aromatic heterocycles. The molecule has 1 N–H and O–H groups in total. The first-order valence-corrected chi connectivity index (χ1v) is 11.2. The fourth-order valence-corrected chi connectivity index (χ4v) is 4.61. The van der Waals surface area contributed by atoms with E-state index in [-0.39, 0.29) is 6.04 Å². The van der Waals surface area contributed by atoms with Gasteiger partial charge in [-0.3, -0.25) is 4.72 Å². The van der Waals surface area contributed by atoms with Crippen molar-refractivity contribution in [2.45, 2.75) is 36.7 Å². The van der Waals surface area contributed by atoms with Crippen LogP contribution in [0.4, 0.5) is 13.2 Å². The zero-order valence-electron chi connectivity index (χ0n) is 16.6. The summed E-state index contributed by atoms with van der Waals surface area (Å²) in [7, 11) is 1.61. The van der Waals surface area contributed by atoms with Crippen molar-refractivity contribution >= 4 is 27.9 Å². The molecular weight excluding hydrogens is 493 g/mol. The lowest BCUT2D eigenvalue weighted by atomic mass is 10.0. The molecule has 4 rings (SSSR count). The summed E-state index contributed by atoms with van der Waals surface area (Å²) in [6, 6.07) is 8.97. The highest BCUT2D eigenvalue weighted by Gasteiger charge is 2.36. The van der Waals surface area contributed by atoms with Gasteiger partial charge < -0.3 is 4.74 Å². The maximum atomic E-state index is 12.8. The van der Waals surface area contributed by atoms with Crippen LogP contribution >= 0.6 is 27.9 Å². The summed E-state index contributed by atoms with van der Waals surface area (Å²) in [5.74, 6) is 0.427. The molecule has 1 aliphatic rings. The monoisotopic (exact) mass is 512 g/mol. The van der Waals surface area contributed by atoms with Crippen molar-refractivity contribution in [1.82, 2.24) is 19.5 Å². The van der Waals surface area contributed by atoms with Gasteiger partial charge in [0.05, 0.1) is 11.3 Å². The number of halogens is 4. The number of nitrogens with one attached hydrogen (secondary N) is 1. The first-order chi connectivity index (χ1) is 14.9. The molecule has 0 saturated heterocycles. The third-order valence-electron chi connectivity index (χ3n) is 4.98. The molecule has 1 aliphatic carbocycles. The molecule has 3 aromatic rings. The number of ether oxygens (including phenoxy) is 1. The van der Waals surface area contributed by atoms with Crippen LogP contribution in [-0.4, -0.2) is 21.9 Å². The fraction of sp³-hybridized carbons (Fsp3) is 0.333. The molecule has 0 spiro atoms. The van der Waals surface area contributed by atoms with Crippen molar-refractivity contribution in [3.05, 3.63) is 64.5 Å². The number of hydrogen-bond acceptors (Lipinski definition) is 5. The van der Waals surface area contributed by atoms with E-state index in [1.165, 1.54) is 24.1 Å². The average molecular weight is 513 g/mol. The summed E-state index contributed by atoms with van der Waals surface area (Å²) in [4.78, 5) is 5.03. The number of hydrogen-bond donors (Lipinski definition) is 1. The number of pyridine rings is 1. The topological polar surface area (TPSA) is 52.0 Å². The van der Waals surface area contributed by atoms with Gasteiger partial charge in [0, 0.05) is 41.6 Å². The zero-order valence-corrected chi connectivity index (χ0v) is 19.0. The van der Waals surface area contributed by atoms with Gasteiger partial charge in [-0.2, -0.15) is 18.3 Å². The van der Waals surface area contributed by atoms with Gasteiger partial charge in [0.25, 0.3) is 0 Å². The molecule has 31 heavy (non-hydrogen) atoms. The molecule has 1 atom stereocenters. The van der Waals surface area contributed by atoms with E-state index in [4.69, 9.17) is 9.84 Å². The van der Waals surface area contributed by atoms with Gasteiger partial charge in [-0.15, -0.1) is 0 Å². The minimum absolute atomic E-state index is 0.0139. The molecule has 1 unspecified atom stereocenters. The van der Waals surface area contributed by atoms with Crippen molar-refractivity contribution < 1.29 is 17.9 Å². The molecule has 0 radical (unpaired) electrons. The largest absolute Gasteiger partial charge is 0.416 e. The molecule has 1 fully saturated rings. The van der Waals surface area contributed by atoms with Crippen LogP contribution < -0.4 is 4.72 Å². The smallest absolute Gasteiger partial charge is 0.362 e. The van der Waals surface area contributed by atoms with Crippen molar-refractivity contribution in [2.75, 3.05) is 7.11 Å². The standard InChI is InChI=1S/C21H20BrF3N4OS/c1-30-12-29-11-17(19(27-29)16-3-2-10-26-20(16)22)18(13-4-5-13)28-31-15-8-6-14(7-9-15)21(23,24)25/h2-3,6-11,13,18,28H,4-5,12H2,1H3. The van der Waals surface area contributed by atoms with Gasteiger partial charge in [0.1, 0.15) is 11.3 Å². The van der Waals surface area contributed by atoms with Crippen molar-refractivity contribution in [2.24, 2.45) is 5.92 Å². The molecule has 0 amide bonds. The highest BCUT2D eigenvalue weighted by molar-refractivity contribution is 9.10. The maximum Gasteiger partial charge on any atom is 0.416 e. The van der Waals surface area contributed by atoms with Crippen LogP contribution in [0.2, 0.25) is 0 Å². The highest BCUT2D eigenvalue weighted by Crippen LogP contribution is 2.45. The van der Waals surface area contributed by atoms with Crippen molar-refractivity contribution in [3.63, 3.8) is 0 Å². The Morgan fingerprint density at radius 2 is 2.00 bits per heavy atom. The lowest BCUT2D eigenvalue weighted by Crippen LogP contribution is -2.17. The molecule has 10 heteroatoms. The van der Waals surface area contributed by atoms with Crippen molar-refractivity contribution in [3.8, 4) is 11.3 Å². The summed E-state index contributed by atoms with van der Waals surface area (Å²) < 4.78 is 49.6. The summed E-state index contributed by atoms with van der Waals surface area (Å²) in [5.41, 5.74) is 2.03. The summed E-state index contributed by atoms with van der Waals surface area (Å²) in [5, 5.41) is 4.70. The van der Waals surface area contributed by atoms with E-state index in [0.29, 0.717) is 22.1 Å². The van der Waals surface area contributed by atoms with E-state index in [1.54, 1.807) is 18.0 Å². The molecular formula is C21H20BrF3N4OS. The van der Waals surface area contributed by atoms with E-state index in [9.17, 15) is 13.2 Å². The van der Waals surface area contributed by atoms with Crippen LogP contribution in [0, 0.1) is 5.92 Å². The van der Waals surface area contributed by atoms with Gasteiger partial charge in [-0.1, -0.05) is 0 Å². The second kappa shape index (κ2) is 9.32. The van der Waals surface area contributed by atoms with E-state index >= 15 is 0 Å². The number of methoxy groups -OCH3 is 1. The Bertz CT molecular complexity index is 1040. The quantitative estimate of drug-likeness (QED) is 0.293. The third-order valence-corrected chi connectivity index (χ3v) is 6.49. The maximum absolute atomic E-state index is 12.8. The minimum atomic E-state index is -4.34. The first kappa shape index (κ1) is 22.3. The number of aromatic nitrogens is 3. The summed E-state index contributed by atoms with van der Waals surface area (Å²) in [6.45, 7) is 0.314. The molecule has 0 bridgehead atoms. The number of alkyl halides is 3. The van der Waals surface area contributed by atoms with Crippen molar-refractivity contribution in [1.29, 1.82) is 0 Å². The molecule has 1 saturated carbocycles. The van der Waals surface area contributed by atoms with Gasteiger partial charge in [0.15, 0.2) is 0 Å². The Kier molecular flexibility index (Phi) is 6.71. The Morgan fingerprint density at radius 1 is 1.26 bits per heavy atom. The van der Waals surface area contributed by atoms with E-state index in [1.807, 2.05) is 18.3 Å². The molecule has 2 heterocycles. The molecule has 0 aliphatic heterocycles. The van der Waals surface area contributed by atoms with Crippen LogP contribution in [0.1, 0.15) is 30.0 Å². The van der Waals surface area contributed by atoms with E-state index in [0.717, 1.165) is 41.8 Å². The van der Waals surface area contributed by atoms with Gasteiger partial charge in [-0.25, -0.2) is 9.67 Å². The zero-order chi connectivity index (χ0) is 22.0. The van der Waals surface area contributed by atoms with Gasteiger partial charge in [-0.05, 0) is 83.0 Å².